The number of carbonyl (C=O) groups excluding carboxylic acids is 2. The molecule has 0 radical (unpaired) electrons. The number of rotatable bonds is 4. The lowest BCUT2D eigenvalue weighted by molar-refractivity contribution is -0.138. The number of hydrogen-bond acceptors (Lipinski definition) is 4. The van der Waals surface area contributed by atoms with Crippen LogP contribution in [-0.4, -0.2) is 53.6 Å². The van der Waals surface area contributed by atoms with Gasteiger partial charge < -0.3 is 15.3 Å². The number of aliphatic carboxylic acids is 1. The van der Waals surface area contributed by atoms with Gasteiger partial charge in [-0.3, -0.25) is 14.9 Å². The third-order valence-electron chi connectivity index (χ3n) is 3.36. The van der Waals surface area contributed by atoms with Gasteiger partial charge in [-0.25, -0.2) is 4.79 Å². The Kier molecular flexibility index (Phi) is 5.75. The lowest BCUT2D eigenvalue weighted by atomic mass is 9.99. The summed E-state index contributed by atoms with van der Waals surface area (Å²) in [5.74, 6) is -1.62. The Morgan fingerprint density at radius 1 is 1.32 bits per heavy atom. The standard InChI is InChI=1S/C12H21N3O4/c1-8-7-9(5-6-15(8)2)13-12(19)14-10(16)3-4-11(17)18/h8-9H,3-7H2,1-2H3,(H,17,18)(H2,13,14,16,19). The fraction of sp³-hybridized carbons (Fsp3) is 0.750. The normalized spacial score (nSPS) is 23.7. The van der Waals surface area contributed by atoms with E-state index in [4.69, 9.17) is 5.11 Å². The van der Waals surface area contributed by atoms with E-state index < -0.39 is 17.9 Å². The maximum Gasteiger partial charge on any atom is 0.321 e. The predicted octanol–water partition coefficient (Wildman–Crippen LogP) is 0.160. The number of carboxylic acids is 1. The number of likely N-dealkylation sites (tertiary alicyclic amines) is 1. The van der Waals surface area contributed by atoms with Gasteiger partial charge in [0.1, 0.15) is 0 Å². The second-order valence-electron chi connectivity index (χ2n) is 4.97. The number of piperidine rings is 1. The molecule has 3 amide bonds. The monoisotopic (exact) mass is 271 g/mol. The third-order valence-corrected chi connectivity index (χ3v) is 3.36. The second kappa shape index (κ2) is 7.08. The molecule has 1 heterocycles. The molecule has 0 saturated carbocycles. The van der Waals surface area contributed by atoms with Crippen molar-refractivity contribution in [1.82, 2.24) is 15.5 Å². The fourth-order valence-corrected chi connectivity index (χ4v) is 2.05. The van der Waals surface area contributed by atoms with E-state index in [-0.39, 0.29) is 18.9 Å². The summed E-state index contributed by atoms with van der Waals surface area (Å²) in [6.07, 6.45) is 1.22. The molecule has 108 valence electrons. The Morgan fingerprint density at radius 3 is 2.58 bits per heavy atom. The van der Waals surface area contributed by atoms with Crippen LogP contribution in [0.3, 0.4) is 0 Å². The minimum absolute atomic E-state index is 0.0541. The zero-order valence-corrected chi connectivity index (χ0v) is 11.3. The number of amides is 3. The van der Waals surface area contributed by atoms with Crippen LogP contribution in [-0.2, 0) is 9.59 Å². The second-order valence-corrected chi connectivity index (χ2v) is 4.97. The van der Waals surface area contributed by atoms with Crippen LogP contribution in [0.4, 0.5) is 4.79 Å². The summed E-state index contributed by atoms with van der Waals surface area (Å²) < 4.78 is 0. The molecule has 0 spiro atoms. The van der Waals surface area contributed by atoms with Crippen LogP contribution < -0.4 is 10.6 Å². The van der Waals surface area contributed by atoms with Crippen LogP contribution in [0.2, 0.25) is 0 Å². The van der Waals surface area contributed by atoms with E-state index in [0.29, 0.717) is 6.04 Å². The minimum Gasteiger partial charge on any atom is -0.481 e. The van der Waals surface area contributed by atoms with Gasteiger partial charge in [0.25, 0.3) is 0 Å². The van der Waals surface area contributed by atoms with Gasteiger partial charge >= 0.3 is 12.0 Å². The molecular formula is C12H21N3O4. The Morgan fingerprint density at radius 2 is 2.00 bits per heavy atom. The van der Waals surface area contributed by atoms with E-state index in [0.717, 1.165) is 19.4 Å². The van der Waals surface area contributed by atoms with Crippen molar-refractivity contribution in [3.63, 3.8) is 0 Å². The first-order chi connectivity index (χ1) is 8.88. The lowest BCUT2D eigenvalue weighted by Gasteiger charge is -2.35. The van der Waals surface area contributed by atoms with Crippen molar-refractivity contribution in [3.8, 4) is 0 Å². The molecule has 2 unspecified atom stereocenters. The van der Waals surface area contributed by atoms with Crippen molar-refractivity contribution in [3.05, 3.63) is 0 Å². The molecule has 7 heteroatoms. The highest BCUT2D eigenvalue weighted by Gasteiger charge is 2.24. The Bertz CT molecular complexity index is 359. The molecule has 0 aromatic heterocycles. The molecular weight excluding hydrogens is 250 g/mol. The number of urea groups is 1. The summed E-state index contributed by atoms with van der Waals surface area (Å²) >= 11 is 0. The van der Waals surface area contributed by atoms with Gasteiger partial charge in [-0.05, 0) is 26.8 Å². The Balaban J connectivity index is 2.27. The molecule has 1 saturated heterocycles. The summed E-state index contributed by atoms with van der Waals surface area (Å²) in [5, 5.41) is 13.3. The molecule has 19 heavy (non-hydrogen) atoms. The predicted molar refractivity (Wildman–Crippen MR) is 68.7 cm³/mol. The van der Waals surface area contributed by atoms with E-state index >= 15 is 0 Å². The molecule has 2 atom stereocenters. The molecule has 0 bridgehead atoms. The Hall–Kier alpha value is -1.63. The first-order valence-electron chi connectivity index (χ1n) is 6.41. The van der Waals surface area contributed by atoms with Crippen molar-refractivity contribution in [2.75, 3.05) is 13.6 Å². The van der Waals surface area contributed by atoms with Crippen molar-refractivity contribution in [2.45, 2.75) is 44.7 Å². The smallest absolute Gasteiger partial charge is 0.321 e. The molecule has 1 rings (SSSR count). The van der Waals surface area contributed by atoms with E-state index in [1.165, 1.54) is 0 Å². The van der Waals surface area contributed by atoms with E-state index in [1.807, 2.05) is 7.05 Å². The molecule has 1 fully saturated rings. The minimum atomic E-state index is -1.06. The number of nitrogens with one attached hydrogen (secondary N) is 2. The quantitative estimate of drug-likeness (QED) is 0.676. The molecule has 1 aliphatic heterocycles. The van der Waals surface area contributed by atoms with Crippen LogP contribution in [0, 0.1) is 0 Å². The van der Waals surface area contributed by atoms with Gasteiger partial charge in [-0.1, -0.05) is 0 Å². The van der Waals surface area contributed by atoms with Gasteiger partial charge in [-0.15, -0.1) is 0 Å². The van der Waals surface area contributed by atoms with Gasteiger partial charge in [-0.2, -0.15) is 0 Å². The van der Waals surface area contributed by atoms with Crippen molar-refractivity contribution in [2.24, 2.45) is 0 Å². The zero-order chi connectivity index (χ0) is 14.4. The summed E-state index contributed by atoms with van der Waals surface area (Å²) in [6, 6.07) is -0.0997. The maximum absolute atomic E-state index is 11.6. The zero-order valence-electron chi connectivity index (χ0n) is 11.3. The number of hydrogen-bond donors (Lipinski definition) is 3. The van der Waals surface area contributed by atoms with E-state index in [2.05, 4.69) is 22.5 Å². The summed E-state index contributed by atoms with van der Waals surface area (Å²) in [6.45, 7) is 2.99. The van der Waals surface area contributed by atoms with E-state index in [9.17, 15) is 14.4 Å². The SMILES string of the molecule is CC1CC(NC(=O)NC(=O)CCC(=O)O)CCN1C. The van der Waals surface area contributed by atoms with Gasteiger partial charge in [0.05, 0.1) is 6.42 Å². The van der Waals surface area contributed by atoms with Gasteiger partial charge in [0.15, 0.2) is 0 Å². The summed E-state index contributed by atoms with van der Waals surface area (Å²) in [5.41, 5.74) is 0. The summed E-state index contributed by atoms with van der Waals surface area (Å²) in [4.78, 5) is 35.3. The molecule has 0 aromatic carbocycles. The average Bonchev–Trinajstić information content (AvgIpc) is 2.31. The van der Waals surface area contributed by atoms with Crippen LogP contribution in [0.15, 0.2) is 0 Å². The average molecular weight is 271 g/mol. The van der Waals surface area contributed by atoms with Crippen LogP contribution in [0.25, 0.3) is 0 Å². The molecule has 1 aliphatic rings. The van der Waals surface area contributed by atoms with Crippen molar-refractivity contribution >= 4 is 17.9 Å². The molecule has 7 nitrogen and oxygen atoms in total. The third kappa shape index (κ3) is 5.69. The van der Waals surface area contributed by atoms with Crippen molar-refractivity contribution < 1.29 is 19.5 Å². The number of carbonyl (C=O) groups is 3. The highest BCUT2D eigenvalue weighted by atomic mass is 16.4. The molecule has 3 N–H and O–H groups in total. The van der Waals surface area contributed by atoms with Gasteiger partial charge in [0.2, 0.25) is 5.91 Å². The highest BCUT2D eigenvalue weighted by molar-refractivity contribution is 5.95. The molecule has 0 aromatic rings. The molecule has 0 aliphatic carbocycles. The van der Waals surface area contributed by atoms with Crippen molar-refractivity contribution in [1.29, 1.82) is 0 Å². The summed E-state index contributed by atoms with van der Waals surface area (Å²) in [7, 11) is 2.04. The van der Waals surface area contributed by atoms with Crippen LogP contribution in [0.5, 0.6) is 0 Å². The number of nitrogens with zero attached hydrogens (tertiary/aromatic N) is 1. The first kappa shape index (κ1) is 15.4. The topological polar surface area (TPSA) is 98.7 Å². The van der Waals surface area contributed by atoms with Crippen LogP contribution >= 0.6 is 0 Å². The Labute approximate surface area is 112 Å². The van der Waals surface area contributed by atoms with E-state index in [1.54, 1.807) is 0 Å². The number of imide groups is 1. The first-order valence-corrected chi connectivity index (χ1v) is 6.41. The number of carboxylic acid groups (broad SMARTS) is 1. The largest absolute Gasteiger partial charge is 0.481 e. The van der Waals surface area contributed by atoms with Crippen LogP contribution in [0.1, 0.15) is 32.6 Å². The fourth-order valence-electron chi connectivity index (χ4n) is 2.05. The lowest BCUT2D eigenvalue weighted by Crippen LogP contribution is -2.50. The highest BCUT2D eigenvalue weighted by Crippen LogP contribution is 2.14. The maximum atomic E-state index is 11.6. The van der Waals surface area contributed by atoms with Gasteiger partial charge in [0, 0.05) is 25.0 Å².